The van der Waals surface area contributed by atoms with Crippen molar-refractivity contribution in [1.82, 2.24) is 5.32 Å². The van der Waals surface area contributed by atoms with Crippen LogP contribution in [0.15, 0.2) is 36.4 Å². The second-order valence-electron chi connectivity index (χ2n) is 5.77. The van der Waals surface area contributed by atoms with Crippen molar-refractivity contribution in [1.29, 1.82) is 0 Å². The van der Waals surface area contributed by atoms with Crippen LogP contribution in [0.5, 0.6) is 11.5 Å². The van der Waals surface area contributed by atoms with Gasteiger partial charge in [0.05, 0.1) is 14.2 Å². The minimum atomic E-state index is 0.260. The largest absolute Gasteiger partial charge is 0.493 e. The molecule has 0 spiro atoms. The summed E-state index contributed by atoms with van der Waals surface area (Å²) in [5.41, 5.74) is 3.84. The first-order valence-electron chi connectivity index (χ1n) is 8.29. The average Bonchev–Trinajstić information content (AvgIpc) is 2.63. The van der Waals surface area contributed by atoms with Crippen LogP contribution in [0.3, 0.4) is 0 Å². The van der Waals surface area contributed by atoms with Crippen molar-refractivity contribution in [2.24, 2.45) is 0 Å². The highest BCUT2D eigenvalue weighted by Crippen LogP contribution is 2.34. The zero-order valence-corrected chi connectivity index (χ0v) is 15.6. The molecule has 1 atom stereocenters. The van der Waals surface area contributed by atoms with Crippen LogP contribution in [-0.2, 0) is 12.8 Å². The second kappa shape index (κ2) is 8.95. The molecule has 4 heteroatoms. The maximum Gasteiger partial charge on any atom is 0.161 e. The number of nitrogens with one attached hydrogen (secondary N) is 1. The van der Waals surface area contributed by atoms with Crippen molar-refractivity contribution < 1.29 is 9.47 Å². The van der Waals surface area contributed by atoms with E-state index in [1.807, 2.05) is 19.2 Å². The maximum atomic E-state index is 5.96. The molecule has 0 aliphatic rings. The Kier molecular flexibility index (Phi) is 6.95. The van der Waals surface area contributed by atoms with Crippen molar-refractivity contribution in [3.8, 4) is 11.5 Å². The van der Waals surface area contributed by atoms with Crippen molar-refractivity contribution >= 4 is 11.6 Å². The third kappa shape index (κ3) is 4.43. The van der Waals surface area contributed by atoms with Gasteiger partial charge in [0.15, 0.2) is 11.5 Å². The fraction of sp³-hybridized carbons (Fsp3) is 0.400. The monoisotopic (exact) mass is 347 g/mol. The van der Waals surface area contributed by atoms with Crippen LogP contribution >= 0.6 is 11.6 Å². The van der Waals surface area contributed by atoms with Gasteiger partial charge >= 0.3 is 0 Å². The molecule has 0 heterocycles. The molecule has 3 nitrogen and oxygen atoms in total. The normalized spacial score (nSPS) is 12.0. The molecular weight excluding hydrogens is 322 g/mol. The summed E-state index contributed by atoms with van der Waals surface area (Å²) in [6.07, 6.45) is 2.94. The van der Waals surface area contributed by atoms with Gasteiger partial charge in [-0.25, -0.2) is 0 Å². The molecule has 0 radical (unpaired) electrons. The van der Waals surface area contributed by atoms with E-state index in [9.17, 15) is 0 Å². The minimum absolute atomic E-state index is 0.260. The van der Waals surface area contributed by atoms with E-state index in [4.69, 9.17) is 21.1 Å². The van der Waals surface area contributed by atoms with Gasteiger partial charge in [-0.05, 0) is 67.3 Å². The number of benzene rings is 2. The molecule has 0 aromatic heterocycles. The number of rotatable bonds is 8. The fourth-order valence-electron chi connectivity index (χ4n) is 2.98. The summed E-state index contributed by atoms with van der Waals surface area (Å²) in [5.74, 6) is 1.56. The van der Waals surface area contributed by atoms with E-state index in [2.05, 4.69) is 36.5 Å². The van der Waals surface area contributed by atoms with E-state index in [1.165, 1.54) is 16.7 Å². The summed E-state index contributed by atoms with van der Waals surface area (Å²) in [6, 6.07) is 12.5. The lowest BCUT2D eigenvalue weighted by molar-refractivity contribution is 0.353. The molecular formula is C20H26ClNO2. The van der Waals surface area contributed by atoms with Crippen molar-refractivity contribution in [3.05, 3.63) is 58.1 Å². The Bertz CT molecular complexity index is 655. The molecule has 130 valence electrons. The number of hydrogen-bond donors (Lipinski definition) is 1. The Balaban J connectivity index is 2.23. The van der Waals surface area contributed by atoms with Gasteiger partial charge in [0, 0.05) is 11.1 Å². The molecule has 24 heavy (non-hydrogen) atoms. The smallest absolute Gasteiger partial charge is 0.161 e. The van der Waals surface area contributed by atoms with Crippen LogP contribution in [0.1, 0.15) is 36.1 Å². The average molecular weight is 348 g/mol. The molecule has 0 bridgehead atoms. The van der Waals surface area contributed by atoms with Crippen LogP contribution in [-0.4, -0.2) is 21.3 Å². The van der Waals surface area contributed by atoms with Gasteiger partial charge in [-0.3, -0.25) is 0 Å². The van der Waals surface area contributed by atoms with Gasteiger partial charge in [0.25, 0.3) is 0 Å². The van der Waals surface area contributed by atoms with Crippen LogP contribution in [0.2, 0.25) is 5.02 Å². The van der Waals surface area contributed by atoms with Gasteiger partial charge in [-0.1, -0.05) is 30.7 Å². The molecule has 0 fully saturated rings. The summed E-state index contributed by atoms with van der Waals surface area (Å²) in [4.78, 5) is 0. The molecule has 0 saturated heterocycles. The third-order valence-corrected chi connectivity index (χ3v) is 4.64. The van der Waals surface area contributed by atoms with Gasteiger partial charge in [0.1, 0.15) is 0 Å². The summed E-state index contributed by atoms with van der Waals surface area (Å²) in [7, 11) is 5.35. The molecule has 0 unspecified atom stereocenters. The summed E-state index contributed by atoms with van der Waals surface area (Å²) in [5, 5.41) is 4.22. The minimum Gasteiger partial charge on any atom is -0.493 e. The van der Waals surface area contributed by atoms with E-state index in [1.54, 1.807) is 14.2 Å². The Labute approximate surface area is 149 Å². The molecule has 0 amide bonds. The molecule has 0 saturated carbocycles. The van der Waals surface area contributed by atoms with Crippen LogP contribution in [0, 0.1) is 0 Å². The third-order valence-electron chi connectivity index (χ3n) is 4.39. The Morgan fingerprint density at radius 2 is 1.67 bits per heavy atom. The SMILES string of the molecule is CCc1cc(OC)c(OC)cc1[C@H](CCc1ccc(Cl)cc1)NC. The molecule has 2 aromatic rings. The number of methoxy groups -OCH3 is 2. The van der Waals surface area contributed by atoms with Crippen molar-refractivity contribution in [2.45, 2.75) is 32.2 Å². The van der Waals surface area contributed by atoms with Crippen molar-refractivity contribution in [3.63, 3.8) is 0 Å². The van der Waals surface area contributed by atoms with Gasteiger partial charge in [-0.15, -0.1) is 0 Å². The number of aryl methyl sites for hydroxylation is 2. The lowest BCUT2D eigenvalue weighted by Gasteiger charge is -2.22. The van der Waals surface area contributed by atoms with Crippen LogP contribution < -0.4 is 14.8 Å². The Hall–Kier alpha value is -1.71. The highest BCUT2D eigenvalue weighted by Gasteiger charge is 2.17. The number of ether oxygens (including phenoxy) is 2. The van der Waals surface area contributed by atoms with E-state index in [0.29, 0.717) is 0 Å². The first-order chi connectivity index (χ1) is 11.6. The standard InChI is InChI=1S/C20H26ClNO2/c1-5-15-12-19(23-3)20(24-4)13-17(15)18(22-2)11-8-14-6-9-16(21)10-7-14/h6-7,9-10,12-13,18,22H,5,8,11H2,1-4H3/t18-/m0/s1. The van der Waals surface area contributed by atoms with E-state index in [-0.39, 0.29) is 6.04 Å². The van der Waals surface area contributed by atoms with E-state index >= 15 is 0 Å². The number of halogens is 1. The lowest BCUT2D eigenvalue weighted by atomic mass is 9.93. The second-order valence-corrected chi connectivity index (χ2v) is 6.20. The highest BCUT2D eigenvalue weighted by molar-refractivity contribution is 6.30. The van der Waals surface area contributed by atoms with Gasteiger partial charge < -0.3 is 14.8 Å². The first-order valence-corrected chi connectivity index (χ1v) is 8.67. The molecule has 1 N–H and O–H groups in total. The van der Waals surface area contributed by atoms with Crippen LogP contribution in [0.4, 0.5) is 0 Å². The molecule has 0 aliphatic carbocycles. The predicted molar refractivity (Wildman–Crippen MR) is 100 cm³/mol. The topological polar surface area (TPSA) is 30.5 Å². The van der Waals surface area contributed by atoms with Crippen LogP contribution in [0.25, 0.3) is 0 Å². The molecule has 2 rings (SSSR count). The first kappa shape index (κ1) is 18.6. The fourth-order valence-corrected chi connectivity index (χ4v) is 3.11. The molecule has 2 aromatic carbocycles. The van der Waals surface area contributed by atoms with E-state index in [0.717, 1.165) is 35.8 Å². The van der Waals surface area contributed by atoms with Crippen molar-refractivity contribution in [2.75, 3.05) is 21.3 Å². The van der Waals surface area contributed by atoms with Gasteiger partial charge in [0.2, 0.25) is 0 Å². The maximum absolute atomic E-state index is 5.96. The zero-order chi connectivity index (χ0) is 17.5. The summed E-state index contributed by atoms with van der Waals surface area (Å²) in [6.45, 7) is 2.16. The summed E-state index contributed by atoms with van der Waals surface area (Å²) < 4.78 is 10.9. The quantitative estimate of drug-likeness (QED) is 0.743. The zero-order valence-electron chi connectivity index (χ0n) is 14.9. The van der Waals surface area contributed by atoms with Gasteiger partial charge in [-0.2, -0.15) is 0 Å². The predicted octanol–water partition coefficient (Wildman–Crippen LogP) is 4.81. The highest BCUT2D eigenvalue weighted by atomic mass is 35.5. The summed E-state index contributed by atoms with van der Waals surface area (Å²) >= 11 is 5.96. The van der Waals surface area contributed by atoms with E-state index < -0.39 is 0 Å². The molecule has 0 aliphatic heterocycles. The lowest BCUT2D eigenvalue weighted by Crippen LogP contribution is -2.19. The number of hydrogen-bond acceptors (Lipinski definition) is 3. The Morgan fingerprint density at radius 1 is 1.04 bits per heavy atom. The Morgan fingerprint density at radius 3 is 2.21 bits per heavy atom.